The number of anilines is 2. The van der Waals surface area contributed by atoms with Crippen LogP contribution in [0.2, 0.25) is 0 Å². The Bertz CT molecular complexity index is 1250. The zero-order chi connectivity index (χ0) is 18.1. The summed E-state index contributed by atoms with van der Waals surface area (Å²) in [5, 5.41) is 5.51. The van der Waals surface area contributed by atoms with Crippen LogP contribution in [-0.4, -0.2) is 19.9 Å². The SMILES string of the molecule is c1cnc2ccc(Nc3nc(-c4ccncc4)nc4ccccc34)cc2c1. The molecule has 0 aliphatic rings. The molecule has 0 saturated carbocycles. The molecule has 0 aliphatic carbocycles. The van der Waals surface area contributed by atoms with Gasteiger partial charge in [0.25, 0.3) is 0 Å². The lowest BCUT2D eigenvalue weighted by Gasteiger charge is -2.11. The number of nitrogens with one attached hydrogen (secondary N) is 1. The third-order valence-electron chi connectivity index (χ3n) is 4.41. The topological polar surface area (TPSA) is 63.6 Å². The van der Waals surface area contributed by atoms with E-state index in [1.54, 1.807) is 18.6 Å². The van der Waals surface area contributed by atoms with E-state index in [-0.39, 0.29) is 0 Å². The lowest BCUT2D eigenvalue weighted by Crippen LogP contribution is -1.99. The second-order valence-corrected chi connectivity index (χ2v) is 6.18. The molecule has 2 aromatic carbocycles. The van der Waals surface area contributed by atoms with Gasteiger partial charge in [0.1, 0.15) is 5.82 Å². The van der Waals surface area contributed by atoms with E-state index in [4.69, 9.17) is 9.97 Å². The van der Waals surface area contributed by atoms with Crippen molar-refractivity contribution in [2.24, 2.45) is 0 Å². The Morgan fingerprint density at radius 1 is 0.704 bits per heavy atom. The molecule has 0 saturated heterocycles. The molecular weight excluding hydrogens is 334 g/mol. The summed E-state index contributed by atoms with van der Waals surface area (Å²) < 4.78 is 0. The third kappa shape index (κ3) is 2.95. The molecule has 0 fully saturated rings. The lowest BCUT2D eigenvalue weighted by molar-refractivity contribution is 1.21. The van der Waals surface area contributed by atoms with Gasteiger partial charge in [-0.15, -0.1) is 0 Å². The van der Waals surface area contributed by atoms with Gasteiger partial charge < -0.3 is 5.32 Å². The van der Waals surface area contributed by atoms with E-state index in [0.717, 1.165) is 38.9 Å². The van der Waals surface area contributed by atoms with Gasteiger partial charge in [-0.2, -0.15) is 0 Å². The van der Waals surface area contributed by atoms with Crippen molar-refractivity contribution in [3.63, 3.8) is 0 Å². The highest BCUT2D eigenvalue weighted by Crippen LogP contribution is 2.28. The second kappa shape index (κ2) is 6.46. The highest BCUT2D eigenvalue weighted by atomic mass is 15.0. The fourth-order valence-corrected chi connectivity index (χ4v) is 3.09. The molecule has 27 heavy (non-hydrogen) atoms. The summed E-state index contributed by atoms with van der Waals surface area (Å²) in [7, 11) is 0. The predicted molar refractivity (Wildman–Crippen MR) is 108 cm³/mol. The molecule has 0 aliphatic heterocycles. The van der Waals surface area contributed by atoms with Crippen LogP contribution in [0.5, 0.6) is 0 Å². The summed E-state index contributed by atoms with van der Waals surface area (Å²) in [6.45, 7) is 0. The average molecular weight is 349 g/mol. The molecule has 1 N–H and O–H groups in total. The molecule has 5 aromatic rings. The summed E-state index contributed by atoms with van der Waals surface area (Å²) in [5.74, 6) is 1.44. The Morgan fingerprint density at radius 3 is 2.52 bits per heavy atom. The van der Waals surface area contributed by atoms with Gasteiger partial charge in [-0.05, 0) is 48.5 Å². The smallest absolute Gasteiger partial charge is 0.162 e. The van der Waals surface area contributed by atoms with Gasteiger partial charge in [0, 0.05) is 40.6 Å². The van der Waals surface area contributed by atoms with Crippen LogP contribution in [0.25, 0.3) is 33.2 Å². The molecule has 0 unspecified atom stereocenters. The van der Waals surface area contributed by atoms with Crippen LogP contribution in [0.3, 0.4) is 0 Å². The van der Waals surface area contributed by atoms with Gasteiger partial charge in [-0.25, -0.2) is 9.97 Å². The first-order valence-electron chi connectivity index (χ1n) is 8.66. The third-order valence-corrected chi connectivity index (χ3v) is 4.41. The minimum Gasteiger partial charge on any atom is -0.340 e. The molecule has 128 valence electrons. The van der Waals surface area contributed by atoms with Gasteiger partial charge in [0.2, 0.25) is 0 Å². The van der Waals surface area contributed by atoms with Crippen molar-refractivity contribution < 1.29 is 0 Å². The lowest BCUT2D eigenvalue weighted by atomic mass is 10.1. The molecule has 0 atom stereocenters. The number of pyridine rings is 2. The molecule has 0 spiro atoms. The van der Waals surface area contributed by atoms with Crippen LogP contribution in [0.1, 0.15) is 0 Å². The summed E-state index contributed by atoms with van der Waals surface area (Å²) in [5.41, 5.74) is 3.75. The minimum absolute atomic E-state index is 0.668. The zero-order valence-electron chi connectivity index (χ0n) is 14.4. The van der Waals surface area contributed by atoms with Crippen molar-refractivity contribution >= 4 is 33.3 Å². The summed E-state index contributed by atoms with van der Waals surface area (Å²) in [4.78, 5) is 17.9. The number of hydrogen-bond donors (Lipinski definition) is 1. The summed E-state index contributed by atoms with van der Waals surface area (Å²) >= 11 is 0. The molecule has 5 nitrogen and oxygen atoms in total. The fraction of sp³-hybridized carbons (Fsp3) is 0. The van der Waals surface area contributed by atoms with Crippen LogP contribution in [-0.2, 0) is 0 Å². The quantitative estimate of drug-likeness (QED) is 0.497. The Labute approximate surface area is 155 Å². The van der Waals surface area contributed by atoms with Crippen molar-refractivity contribution in [1.82, 2.24) is 19.9 Å². The second-order valence-electron chi connectivity index (χ2n) is 6.18. The number of rotatable bonds is 3. The monoisotopic (exact) mass is 349 g/mol. The van der Waals surface area contributed by atoms with E-state index in [1.807, 2.05) is 60.7 Å². The highest BCUT2D eigenvalue weighted by Gasteiger charge is 2.10. The highest BCUT2D eigenvalue weighted by molar-refractivity contribution is 5.93. The van der Waals surface area contributed by atoms with Crippen molar-refractivity contribution in [1.29, 1.82) is 0 Å². The maximum atomic E-state index is 4.78. The standard InChI is InChI=1S/C22H15N5/c1-2-6-20-18(5-1)22(27-21(26-20)15-9-12-23-13-10-15)25-17-7-8-19-16(14-17)4-3-11-24-19/h1-14H,(H,25,26,27). The van der Waals surface area contributed by atoms with E-state index < -0.39 is 0 Å². The van der Waals surface area contributed by atoms with Gasteiger partial charge in [0.15, 0.2) is 5.82 Å². The zero-order valence-corrected chi connectivity index (χ0v) is 14.4. The van der Waals surface area contributed by atoms with Crippen molar-refractivity contribution in [3.05, 3.63) is 85.3 Å². The Kier molecular flexibility index (Phi) is 3.68. The van der Waals surface area contributed by atoms with Crippen LogP contribution in [0.15, 0.2) is 85.3 Å². The maximum Gasteiger partial charge on any atom is 0.162 e. The minimum atomic E-state index is 0.668. The van der Waals surface area contributed by atoms with Crippen LogP contribution >= 0.6 is 0 Å². The van der Waals surface area contributed by atoms with E-state index >= 15 is 0 Å². The largest absolute Gasteiger partial charge is 0.340 e. The van der Waals surface area contributed by atoms with Gasteiger partial charge in [0.05, 0.1) is 11.0 Å². The number of fused-ring (bicyclic) bond motifs is 2. The molecular formula is C22H15N5. The fourth-order valence-electron chi connectivity index (χ4n) is 3.09. The van der Waals surface area contributed by atoms with Crippen LogP contribution in [0, 0.1) is 0 Å². The average Bonchev–Trinajstić information content (AvgIpc) is 2.74. The van der Waals surface area contributed by atoms with Crippen molar-refractivity contribution in [2.45, 2.75) is 0 Å². The number of aromatic nitrogens is 4. The first kappa shape index (κ1) is 15.4. The van der Waals surface area contributed by atoms with E-state index in [0.29, 0.717) is 5.82 Å². The van der Waals surface area contributed by atoms with Crippen LogP contribution in [0.4, 0.5) is 11.5 Å². The Hall–Kier alpha value is -3.86. The van der Waals surface area contributed by atoms with Crippen molar-refractivity contribution in [3.8, 4) is 11.4 Å². The summed E-state index contributed by atoms with van der Waals surface area (Å²) in [6.07, 6.45) is 5.29. The van der Waals surface area contributed by atoms with Gasteiger partial charge in [-0.3, -0.25) is 9.97 Å². The molecule has 0 amide bonds. The molecule has 3 aromatic heterocycles. The molecule has 5 rings (SSSR count). The normalized spacial score (nSPS) is 11.0. The maximum absolute atomic E-state index is 4.78. The first-order chi connectivity index (χ1) is 13.4. The Morgan fingerprint density at radius 2 is 1.59 bits per heavy atom. The van der Waals surface area contributed by atoms with Crippen molar-refractivity contribution in [2.75, 3.05) is 5.32 Å². The predicted octanol–water partition coefficient (Wildman–Crippen LogP) is 4.98. The number of nitrogens with zero attached hydrogens (tertiary/aromatic N) is 4. The first-order valence-corrected chi connectivity index (χ1v) is 8.66. The number of benzene rings is 2. The number of hydrogen-bond acceptors (Lipinski definition) is 5. The number of para-hydroxylation sites is 1. The van der Waals surface area contributed by atoms with E-state index in [9.17, 15) is 0 Å². The van der Waals surface area contributed by atoms with Gasteiger partial charge in [-0.1, -0.05) is 18.2 Å². The van der Waals surface area contributed by atoms with Gasteiger partial charge >= 0.3 is 0 Å². The molecule has 0 radical (unpaired) electrons. The van der Waals surface area contributed by atoms with E-state index in [2.05, 4.69) is 21.4 Å². The molecule has 3 heterocycles. The Balaban J connectivity index is 1.64. The summed E-state index contributed by atoms with van der Waals surface area (Å²) in [6, 6.07) is 21.9. The van der Waals surface area contributed by atoms with E-state index in [1.165, 1.54) is 0 Å². The molecule has 0 bridgehead atoms. The molecule has 5 heteroatoms. The van der Waals surface area contributed by atoms with Crippen LogP contribution < -0.4 is 5.32 Å².